The van der Waals surface area contributed by atoms with Gasteiger partial charge in [0, 0.05) is 32.2 Å². The molecule has 112 valence electrons. The van der Waals surface area contributed by atoms with Crippen molar-refractivity contribution < 1.29 is 4.79 Å². The third kappa shape index (κ3) is 5.47. The molecule has 2 atom stereocenters. The summed E-state index contributed by atoms with van der Waals surface area (Å²) < 4.78 is 0. The van der Waals surface area contributed by atoms with E-state index in [1.54, 1.807) is 0 Å². The monoisotopic (exact) mass is 270 g/mol. The number of piperazine rings is 1. The van der Waals surface area contributed by atoms with Crippen molar-refractivity contribution in [3.8, 4) is 0 Å². The van der Waals surface area contributed by atoms with E-state index in [0.29, 0.717) is 0 Å². The highest BCUT2D eigenvalue weighted by molar-refractivity contribution is 5.81. The molecule has 0 aromatic carbocycles. The molecule has 0 aliphatic carbocycles. The standard InChI is InChI=1S/C14H30N4O/c1-4-12(2)16-14(19)13(3)18-10-8-17(9-11-18)7-5-6-15/h12-13H,4-11,15H2,1-3H3,(H,16,19). The summed E-state index contributed by atoms with van der Waals surface area (Å²) in [6.45, 7) is 12.0. The van der Waals surface area contributed by atoms with Crippen LogP contribution in [0.4, 0.5) is 0 Å². The van der Waals surface area contributed by atoms with Gasteiger partial charge in [0.25, 0.3) is 0 Å². The third-order valence-corrected chi connectivity index (χ3v) is 4.01. The van der Waals surface area contributed by atoms with Gasteiger partial charge in [0.05, 0.1) is 6.04 Å². The maximum absolute atomic E-state index is 12.1. The van der Waals surface area contributed by atoms with E-state index in [0.717, 1.165) is 52.1 Å². The minimum atomic E-state index is -0.0225. The van der Waals surface area contributed by atoms with Crippen LogP contribution >= 0.6 is 0 Å². The van der Waals surface area contributed by atoms with E-state index < -0.39 is 0 Å². The Labute approximate surface area is 117 Å². The summed E-state index contributed by atoms with van der Waals surface area (Å²) >= 11 is 0. The lowest BCUT2D eigenvalue weighted by Gasteiger charge is -2.37. The zero-order valence-corrected chi connectivity index (χ0v) is 12.7. The first-order valence-electron chi connectivity index (χ1n) is 7.55. The number of hydrogen-bond acceptors (Lipinski definition) is 4. The Kier molecular flexibility index (Phi) is 7.34. The van der Waals surface area contributed by atoms with Crippen molar-refractivity contribution >= 4 is 5.91 Å². The molecule has 2 unspecified atom stereocenters. The van der Waals surface area contributed by atoms with E-state index in [4.69, 9.17) is 5.73 Å². The van der Waals surface area contributed by atoms with Crippen LogP contribution in [0.3, 0.4) is 0 Å². The maximum Gasteiger partial charge on any atom is 0.237 e. The van der Waals surface area contributed by atoms with Crippen LogP contribution in [0, 0.1) is 0 Å². The zero-order chi connectivity index (χ0) is 14.3. The molecular formula is C14H30N4O. The number of rotatable bonds is 7. The number of amides is 1. The van der Waals surface area contributed by atoms with Crippen LogP contribution in [-0.4, -0.2) is 67.1 Å². The molecule has 0 saturated carbocycles. The Bertz CT molecular complexity index is 264. The summed E-state index contributed by atoms with van der Waals surface area (Å²) in [5.41, 5.74) is 5.53. The predicted octanol–water partition coefficient (Wildman–Crippen LogP) is 0.256. The van der Waals surface area contributed by atoms with E-state index in [-0.39, 0.29) is 18.0 Å². The van der Waals surface area contributed by atoms with E-state index in [9.17, 15) is 4.79 Å². The predicted molar refractivity (Wildman–Crippen MR) is 79.0 cm³/mol. The summed E-state index contributed by atoms with van der Waals surface area (Å²) in [4.78, 5) is 16.8. The summed E-state index contributed by atoms with van der Waals surface area (Å²) in [6.07, 6.45) is 2.04. The van der Waals surface area contributed by atoms with Crippen molar-refractivity contribution in [3.63, 3.8) is 0 Å². The molecular weight excluding hydrogens is 240 g/mol. The van der Waals surface area contributed by atoms with Gasteiger partial charge in [0.15, 0.2) is 0 Å². The summed E-state index contributed by atoms with van der Waals surface area (Å²) in [5, 5.41) is 3.06. The fourth-order valence-corrected chi connectivity index (χ4v) is 2.32. The molecule has 0 aromatic rings. The molecule has 5 nitrogen and oxygen atoms in total. The second kappa shape index (κ2) is 8.51. The van der Waals surface area contributed by atoms with E-state index in [1.807, 2.05) is 6.92 Å². The first-order chi connectivity index (χ1) is 9.08. The number of nitrogens with zero attached hydrogens (tertiary/aromatic N) is 2. The lowest BCUT2D eigenvalue weighted by Crippen LogP contribution is -2.54. The highest BCUT2D eigenvalue weighted by Crippen LogP contribution is 2.07. The number of carbonyl (C=O) groups excluding carboxylic acids is 1. The molecule has 1 rings (SSSR count). The van der Waals surface area contributed by atoms with Crippen LogP contribution in [-0.2, 0) is 4.79 Å². The first kappa shape index (κ1) is 16.4. The molecule has 3 N–H and O–H groups in total. The molecule has 0 bridgehead atoms. The van der Waals surface area contributed by atoms with Gasteiger partial charge >= 0.3 is 0 Å². The lowest BCUT2D eigenvalue weighted by molar-refractivity contribution is -0.127. The molecule has 0 radical (unpaired) electrons. The molecule has 1 heterocycles. The molecule has 0 aromatic heterocycles. The van der Waals surface area contributed by atoms with Gasteiger partial charge in [-0.2, -0.15) is 0 Å². The van der Waals surface area contributed by atoms with Gasteiger partial charge in [-0.25, -0.2) is 0 Å². The van der Waals surface area contributed by atoms with Gasteiger partial charge in [-0.1, -0.05) is 6.92 Å². The Morgan fingerprint density at radius 1 is 1.26 bits per heavy atom. The quantitative estimate of drug-likeness (QED) is 0.696. The molecule has 1 aliphatic rings. The summed E-state index contributed by atoms with van der Waals surface area (Å²) in [7, 11) is 0. The molecule has 0 spiro atoms. The van der Waals surface area contributed by atoms with Crippen LogP contribution < -0.4 is 11.1 Å². The summed E-state index contributed by atoms with van der Waals surface area (Å²) in [6, 6.07) is 0.242. The maximum atomic E-state index is 12.1. The Morgan fingerprint density at radius 2 is 1.89 bits per heavy atom. The molecule has 1 amide bonds. The van der Waals surface area contributed by atoms with Gasteiger partial charge in [0.1, 0.15) is 0 Å². The van der Waals surface area contributed by atoms with Gasteiger partial charge in [-0.05, 0) is 39.8 Å². The fraction of sp³-hybridized carbons (Fsp3) is 0.929. The number of nitrogens with one attached hydrogen (secondary N) is 1. The second-order valence-electron chi connectivity index (χ2n) is 5.51. The first-order valence-corrected chi connectivity index (χ1v) is 7.55. The van der Waals surface area contributed by atoms with Gasteiger partial charge in [-0.3, -0.25) is 9.69 Å². The topological polar surface area (TPSA) is 61.6 Å². The van der Waals surface area contributed by atoms with Gasteiger partial charge in [-0.15, -0.1) is 0 Å². The van der Waals surface area contributed by atoms with E-state index in [2.05, 4.69) is 29.0 Å². The second-order valence-corrected chi connectivity index (χ2v) is 5.51. The average molecular weight is 270 g/mol. The fourth-order valence-electron chi connectivity index (χ4n) is 2.32. The Morgan fingerprint density at radius 3 is 2.42 bits per heavy atom. The zero-order valence-electron chi connectivity index (χ0n) is 12.7. The van der Waals surface area contributed by atoms with Gasteiger partial charge < -0.3 is 16.0 Å². The minimum absolute atomic E-state index is 0.0225. The van der Waals surface area contributed by atoms with Crippen molar-refractivity contribution in [1.29, 1.82) is 0 Å². The van der Waals surface area contributed by atoms with Crippen LogP contribution in [0.15, 0.2) is 0 Å². The molecule has 1 fully saturated rings. The Hall–Kier alpha value is -0.650. The molecule has 5 heteroatoms. The summed E-state index contributed by atoms with van der Waals surface area (Å²) in [5.74, 6) is 0.157. The lowest BCUT2D eigenvalue weighted by atomic mass is 10.2. The van der Waals surface area contributed by atoms with Crippen LogP contribution in [0.1, 0.15) is 33.6 Å². The minimum Gasteiger partial charge on any atom is -0.352 e. The van der Waals surface area contributed by atoms with Gasteiger partial charge in [0.2, 0.25) is 5.91 Å². The van der Waals surface area contributed by atoms with Crippen molar-refractivity contribution in [2.75, 3.05) is 39.3 Å². The number of carbonyl (C=O) groups is 1. The SMILES string of the molecule is CCC(C)NC(=O)C(C)N1CCN(CCCN)CC1. The van der Waals surface area contributed by atoms with Crippen LogP contribution in [0.5, 0.6) is 0 Å². The average Bonchev–Trinajstić information content (AvgIpc) is 2.44. The van der Waals surface area contributed by atoms with Crippen molar-refractivity contribution in [1.82, 2.24) is 15.1 Å². The third-order valence-electron chi connectivity index (χ3n) is 4.01. The van der Waals surface area contributed by atoms with Crippen molar-refractivity contribution in [3.05, 3.63) is 0 Å². The molecule has 19 heavy (non-hydrogen) atoms. The van der Waals surface area contributed by atoms with Crippen LogP contribution in [0.2, 0.25) is 0 Å². The smallest absolute Gasteiger partial charge is 0.237 e. The number of nitrogens with two attached hydrogens (primary N) is 1. The number of hydrogen-bond donors (Lipinski definition) is 2. The van der Waals surface area contributed by atoms with Crippen LogP contribution in [0.25, 0.3) is 0 Å². The normalized spacial score (nSPS) is 21.1. The highest BCUT2D eigenvalue weighted by Gasteiger charge is 2.25. The molecule has 1 aliphatic heterocycles. The highest BCUT2D eigenvalue weighted by atomic mass is 16.2. The molecule has 1 saturated heterocycles. The van der Waals surface area contributed by atoms with Crippen molar-refractivity contribution in [2.45, 2.75) is 45.7 Å². The van der Waals surface area contributed by atoms with E-state index in [1.165, 1.54) is 0 Å². The largest absolute Gasteiger partial charge is 0.352 e. The Balaban J connectivity index is 2.31. The van der Waals surface area contributed by atoms with Crippen molar-refractivity contribution in [2.24, 2.45) is 5.73 Å². The van der Waals surface area contributed by atoms with E-state index >= 15 is 0 Å².